The van der Waals surface area contributed by atoms with Crippen molar-refractivity contribution in [3.05, 3.63) is 35.9 Å². The van der Waals surface area contributed by atoms with Gasteiger partial charge in [-0.3, -0.25) is 9.59 Å². The fraction of sp³-hybridized carbons (Fsp3) is 0.500. The molecule has 1 aromatic rings. The number of carbonyl (C=O) groups excluding carboxylic acids is 2. The summed E-state index contributed by atoms with van der Waals surface area (Å²) in [7, 11) is 2.58. The molecule has 0 amide bonds. The number of benzene rings is 1. The van der Waals surface area contributed by atoms with Crippen LogP contribution in [0.4, 0.5) is 0 Å². The summed E-state index contributed by atoms with van der Waals surface area (Å²) < 4.78 is 14.9. The molecule has 2 rings (SSSR count). The molecule has 21 heavy (non-hydrogen) atoms. The number of carbonyl (C=O) groups is 2. The van der Waals surface area contributed by atoms with Gasteiger partial charge in [-0.05, 0) is 24.8 Å². The Morgan fingerprint density at radius 3 is 2.24 bits per heavy atom. The van der Waals surface area contributed by atoms with Gasteiger partial charge in [0.05, 0.1) is 26.9 Å². The minimum absolute atomic E-state index is 0.134. The zero-order chi connectivity index (χ0) is 15.3. The first-order chi connectivity index (χ1) is 10.1. The molecule has 1 aliphatic rings. The van der Waals surface area contributed by atoms with Crippen LogP contribution < -0.4 is 0 Å². The standard InChI is InChI=1S/C16H20O5/c1-19-14(17)16(15(18)20-2,9-8-13-11-21-13)10-12-6-4-3-5-7-12/h3-7,13H,8-11H2,1-2H3. The Kier molecular flexibility index (Phi) is 4.96. The second kappa shape index (κ2) is 6.72. The van der Waals surface area contributed by atoms with Crippen molar-refractivity contribution < 1.29 is 23.8 Å². The summed E-state index contributed by atoms with van der Waals surface area (Å²) >= 11 is 0. The highest BCUT2D eigenvalue weighted by atomic mass is 16.6. The molecule has 0 aromatic heterocycles. The average molecular weight is 292 g/mol. The molecule has 1 saturated heterocycles. The van der Waals surface area contributed by atoms with E-state index < -0.39 is 17.4 Å². The Labute approximate surface area is 124 Å². The number of ether oxygens (including phenoxy) is 3. The van der Waals surface area contributed by atoms with Gasteiger partial charge in [-0.1, -0.05) is 30.3 Å². The van der Waals surface area contributed by atoms with Gasteiger partial charge in [0.1, 0.15) is 0 Å². The summed E-state index contributed by atoms with van der Waals surface area (Å²) in [4.78, 5) is 24.6. The van der Waals surface area contributed by atoms with Crippen LogP contribution in [0.1, 0.15) is 18.4 Å². The molecule has 0 spiro atoms. The first-order valence-electron chi connectivity index (χ1n) is 6.95. The van der Waals surface area contributed by atoms with E-state index in [9.17, 15) is 9.59 Å². The lowest BCUT2D eigenvalue weighted by Gasteiger charge is -2.28. The van der Waals surface area contributed by atoms with Crippen LogP contribution in [0.5, 0.6) is 0 Å². The third kappa shape index (κ3) is 3.61. The van der Waals surface area contributed by atoms with E-state index in [1.165, 1.54) is 14.2 Å². The van der Waals surface area contributed by atoms with Crippen LogP contribution in [0.2, 0.25) is 0 Å². The van der Waals surface area contributed by atoms with E-state index >= 15 is 0 Å². The van der Waals surface area contributed by atoms with Gasteiger partial charge >= 0.3 is 11.9 Å². The summed E-state index contributed by atoms with van der Waals surface area (Å²) in [5.74, 6) is -1.11. The van der Waals surface area contributed by atoms with E-state index in [-0.39, 0.29) is 12.5 Å². The van der Waals surface area contributed by atoms with E-state index in [0.29, 0.717) is 19.4 Å². The summed E-state index contributed by atoms with van der Waals surface area (Å²) in [5, 5.41) is 0. The molecule has 1 atom stereocenters. The number of hydrogen-bond acceptors (Lipinski definition) is 5. The first kappa shape index (κ1) is 15.5. The number of rotatable bonds is 7. The summed E-state index contributed by atoms with van der Waals surface area (Å²) in [5.41, 5.74) is -0.415. The summed E-state index contributed by atoms with van der Waals surface area (Å²) in [6, 6.07) is 9.40. The predicted molar refractivity (Wildman–Crippen MR) is 75.6 cm³/mol. The van der Waals surface area contributed by atoms with Crippen LogP contribution in [0, 0.1) is 5.41 Å². The van der Waals surface area contributed by atoms with Gasteiger partial charge in [0.25, 0.3) is 0 Å². The van der Waals surface area contributed by atoms with Crippen molar-refractivity contribution in [1.82, 2.24) is 0 Å². The van der Waals surface area contributed by atoms with E-state index in [1.807, 2.05) is 30.3 Å². The molecule has 0 saturated carbocycles. The van der Waals surface area contributed by atoms with Crippen LogP contribution in [-0.2, 0) is 30.2 Å². The maximum Gasteiger partial charge on any atom is 0.323 e. The van der Waals surface area contributed by atoms with E-state index in [4.69, 9.17) is 14.2 Å². The lowest BCUT2D eigenvalue weighted by molar-refractivity contribution is -0.170. The van der Waals surface area contributed by atoms with E-state index in [2.05, 4.69) is 0 Å². The second-order valence-electron chi connectivity index (χ2n) is 5.22. The molecule has 5 nitrogen and oxygen atoms in total. The summed E-state index contributed by atoms with van der Waals surface area (Å²) in [6.07, 6.45) is 1.39. The minimum Gasteiger partial charge on any atom is -0.468 e. The highest BCUT2D eigenvalue weighted by Gasteiger charge is 2.49. The third-order valence-electron chi connectivity index (χ3n) is 3.80. The van der Waals surface area contributed by atoms with Crippen LogP contribution in [0.25, 0.3) is 0 Å². The Morgan fingerprint density at radius 2 is 1.76 bits per heavy atom. The smallest absolute Gasteiger partial charge is 0.323 e. The molecular weight excluding hydrogens is 272 g/mol. The molecule has 1 fully saturated rings. The number of esters is 2. The van der Waals surface area contributed by atoms with Crippen molar-refractivity contribution in [1.29, 1.82) is 0 Å². The van der Waals surface area contributed by atoms with Gasteiger partial charge in [-0.25, -0.2) is 0 Å². The molecule has 0 aliphatic carbocycles. The maximum atomic E-state index is 12.3. The molecular formula is C16H20O5. The molecule has 1 unspecified atom stereocenters. The molecule has 1 aromatic carbocycles. The van der Waals surface area contributed by atoms with Crippen molar-refractivity contribution in [3.8, 4) is 0 Å². The van der Waals surface area contributed by atoms with E-state index in [1.54, 1.807) is 0 Å². The number of hydrogen-bond donors (Lipinski definition) is 0. The second-order valence-corrected chi connectivity index (χ2v) is 5.22. The minimum atomic E-state index is -1.31. The summed E-state index contributed by atoms with van der Waals surface area (Å²) in [6.45, 7) is 0.684. The van der Waals surface area contributed by atoms with Crippen molar-refractivity contribution >= 4 is 11.9 Å². The third-order valence-corrected chi connectivity index (χ3v) is 3.80. The van der Waals surface area contributed by atoms with Gasteiger partial charge in [0, 0.05) is 0 Å². The Bertz CT molecular complexity index is 477. The highest BCUT2D eigenvalue weighted by molar-refractivity contribution is 6.00. The Morgan fingerprint density at radius 1 is 1.19 bits per heavy atom. The fourth-order valence-corrected chi connectivity index (χ4v) is 2.50. The van der Waals surface area contributed by atoms with Crippen LogP contribution in [0.3, 0.4) is 0 Å². The number of methoxy groups -OCH3 is 2. The Hall–Kier alpha value is -1.88. The van der Waals surface area contributed by atoms with Crippen molar-refractivity contribution in [2.45, 2.75) is 25.4 Å². The quantitative estimate of drug-likeness (QED) is 0.435. The molecule has 0 bridgehead atoms. The first-order valence-corrected chi connectivity index (χ1v) is 6.95. The van der Waals surface area contributed by atoms with Gasteiger partial charge in [-0.15, -0.1) is 0 Å². The lowest BCUT2D eigenvalue weighted by Crippen LogP contribution is -2.43. The molecule has 5 heteroatoms. The normalized spacial score (nSPS) is 17.1. The number of epoxide rings is 1. The maximum absolute atomic E-state index is 12.3. The molecule has 114 valence electrons. The fourth-order valence-electron chi connectivity index (χ4n) is 2.50. The predicted octanol–water partition coefficient (Wildman–Crippen LogP) is 1.74. The van der Waals surface area contributed by atoms with Crippen molar-refractivity contribution in [2.24, 2.45) is 5.41 Å². The zero-order valence-electron chi connectivity index (χ0n) is 12.3. The monoisotopic (exact) mass is 292 g/mol. The van der Waals surface area contributed by atoms with E-state index in [0.717, 1.165) is 5.56 Å². The SMILES string of the molecule is COC(=O)C(CCC1CO1)(Cc1ccccc1)C(=O)OC. The highest BCUT2D eigenvalue weighted by Crippen LogP contribution is 2.34. The van der Waals surface area contributed by atoms with Gasteiger partial charge in [-0.2, -0.15) is 0 Å². The van der Waals surface area contributed by atoms with Crippen molar-refractivity contribution in [3.63, 3.8) is 0 Å². The Balaban J connectivity index is 2.27. The topological polar surface area (TPSA) is 65.1 Å². The lowest BCUT2D eigenvalue weighted by atomic mass is 9.77. The average Bonchev–Trinajstić information content (AvgIpc) is 3.35. The van der Waals surface area contributed by atoms with Gasteiger partial charge in [0.15, 0.2) is 5.41 Å². The van der Waals surface area contributed by atoms with Gasteiger partial charge < -0.3 is 14.2 Å². The largest absolute Gasteiger partial charge is 0.468 e. The van der Waals surface area contributed by atoms with Crippen LogP contribution in [-0.4, -0.2) is 38.9 Å². The van der Waals surface area contributed by atoms with Crippen LogP contribution in [0.15, 0.2) is 30.3 Å². The molecule has 1 aliphatic heterocycles. The van der Waals surface area contributed by atoms with Gasteiger partial charge in [0.2, 0.25) is 0 Å². The van der Waals surface area contributed by atoms with Crippen LogP contribution >= 0.6 is 0 Å². The molecule has 0 radical (unpaired) electrons. The molecule has 0 N–H and O–H groups in total. The zero-order valence-corrected chi connectivity index (χ0v) is 12.3. The van der Waals surface area contributed by atoms with Crippen molar-refractivity contribution in [2.75, 3.05) is 20.8 Å². The molecule has 1 heterocycles.